The number of nitrogens with zero attached hydrogens (tertiary/aromatic N) is 2. The fraction of sp³-hybridized carbons (Fsp3) is 0.125. The van der Waals surface area contributed by atoms with Crippen molar-refractivity contribution in [2.24, 2.45) is 0 Å². The van der Waals surface area contributed by atoms with Crippen molar-refractivity contribution in [3.8, 4) is 0 Å². The highest BCUT2D eigenvalue weighted by molar-refractivity contribution is 6.30. The molecule has 0 fully saturated rings. The van der Waals surface area contributed by atoms with Crippen LogP contribution in [0, 0.1) is 5.82 Å². The molecule has 1 N–H and O–H groups in total. The van der Waals surface area contributed by atoms with Gasteiger partial charge in [0.2, 0.25) is 0 Å². The molecule has 3 aromatic rings. The van der Waals surface area contributed by atoms with E-state index in [1.54, 1.807) is 12.3 Å². The number of benzene rings is 2. The molecule has 1 atom stereocenters. The Balaban J connectivity index is 1.85. The van der Waals surface area contributed by atoms with Gasteiger partial charge in [-0.2, -0.15) is 0 Å². The quantitative estimate of drug-likeness (QED) is 0.802. The molecule has 0 bridgehead atoms. The van der Waals surface area contributed by atoms with E-state index in [9.17, 15) is 9.50 Å². The molecule has 106 valence electrons. The average Bonchev–Trinajstić information content (AvgIpc) is 2.50. The Bertz CT molecular complexity index is 794. The minimum absolute atomic E-state index is 0.0456. The van der Waals surface area contributed by atoms with Crippen molar-refractivity contribution in [1.82, 2.24) is 9.97 Å². The lowest BCUT2D eigenvalue weighted by Gasteiger charge is -2.11. The maximum atomic E-state index is 13.1. The first-order valence-electron chi connectivity index (χ1n) is 6.47. The number of hydrogen-bond donors (Lipinski definition) is 1. The van der Waals surface area contributed by atoms with Crippen molar-refractivity contribution in [1.29, 1.82) is 0 Å². The molecule has 1 unspecified atom stereocenters. The van der Waals surface area contributed by atoms with Crippen LogP contribution in [0.1, 0.15) is 17.4 Å². The molecule has 0 aliphatic heterocycles. The molecule has 0 saturated heterocycles. The number of aliphatic hydroxyl groups excluding tert-OH is 1. The SMILES string of the molecule is OC(Cc1ccc(F)c(Cl)c1)c1cnc2ccccc2n1. The van der Waals surface area contributed by atoms with Crippen LogP contribution in [0.5, 0.6) is 0 Å². The van der Waals surface area contributed by atoms with Crippen molar-refractivity contribution < 1.29 is 9.50 Å². The summed E-state index contributed by atoms with van der Waals surface area (Å²) in [6, 6.07) is 11.8. The predicted molar refractivity (Wildman–Crippen MR) is 79.6 cm³/mol. The molecule has 2 aromatic carbocycles. The zero-order valence-electron chi connectivity index (χ0n) is 11.0. The first-order chi connectivity index (χ1) is 10.1. The van der Waals surface area contributed by atoms with Crippen molar-refractivity contribution >= 4 is 22.6 Å². The van der Waals surface area contributed by atoms with E-state index in [4.69, 9.17) is 11.6 Å². The number of para-hydroxylation sites is 2. The molecule has 1 heterocycles. The fourth-order valence-electron chi connectivity index (χ4n) is 2.13. The molecule has 21 heavy (non-hydrogen) atoms. The smallest absolute Gasteiger partial charge is 0.141 e. The third-order valence-electron chi connectivity index (χ3n) is 3.22. The predicted octanol–water partition coefficient (Wildman–Crippen LogP) is 3.70. The normalized spacial score (nSPS) is 12.5. The number of halogens is 2. The first-order valence-corrected chi connectivity index (χ1v) is 6.85. The van der Waals surface area contributed by atoms with E-state index in [0.717, 1.165) is 16.6 Å². The van der Waals surface area contributed by atoms with Crippen LogP contribution in [0.15, 0.2) is 48.7 Å². The maximum Gasteiger partial charge on any atom is 0.141 e. The fourth-order valence-corrected chi connectivity index (χ4v) is 2.33. The summed E-state index contributed by atoms with van der Waals surface area (Å²) in [5.41, 5.74) is 2.72. The Labute approximate surface area is 126 Å². The van der Waals surface area contributed by atoms with Crippen LogP contribution in [0.3, 0.4) is 0 Å². The highest BCUT2D eigenvalue weighted by Gasteiger charge is 2.12. The standard InChI is InChI=1S/C16H12ClFN2O/c17-11-7-10(5-6-12(11)18)8-16(21)15-9-19-13-3-1-2-4-14(13)20-15/h1-7,9,16,21H,8H2. The monoisotopic (exact) mass is 302 g/mol. The molecular weight excluding hydrogens is 291 g/mol. The second-order valence-corrected chi connectivity index (χ2v) is 5.16. The van der Waals surface area contributed by atoms with Gasteiger partial charge in [-0.25, -0.2) is 9.37 Å². The van der Waals surface area contributed by atoms with Gasteiger partial charge in [0.05, 0.1) is 27.9 Å². The number of fused-ring (bicyclic) bond motifs is 1. The molecule has 0 saturated carbocycles. The summed E-state index contributed by atoms with van der Waals surface area (Å²) in [5, 5.41) is 10.3. The van der Waals surface area contributed by atoms with Gasteiger partial charge in [0.25, 0.3) is 0 Å². The van der Waals surface area contributed by atoms with Crippen molar-refractivity contribution in [2.75, 3.05) is 0 Å². The third-order valence-corrected chi connectivity index (χ3v) is 3.51. The minimum Gasteiger partial charge on any atom is -0.386 e. The number of aliphatic hydroxyl groups is 1. The van der Waals surface area contributed by atoms with Crippen LogP contribution < -0.4 is 0 Å². The average molecular weight is 303 g/mol. The molecule has 0 radical (unpaired) electrons. The molecule has 0 spiro atoms. The molecule has 1 aromatic heterocycles. The maximum absolute atomic E-state index is 13.1. The molecule has 3 nitrogen and oxygen atoms in total. The van der Waals surface area contributed by atoms with Crippen LogP contribution >= 0.6 is 11.6 Å². The van der Waals surface area contributed by atoms with Crippen LogP contribution in [-0.4, -0.2) is 15.1 Å². The zero-order chi connectivity index (χ0) is 14.8. The molecule has 0 amide bonds. The van der Waals surface area contributed by atoms with Gasteiger partial charge in [0.1, 0.15) is 11.9 Å². The summed E-state index contributed by atoms with van der Waals surface area (Å²) in [6.07, 6.45) is 1.04. The Hall–Kier alpha value is -2.04. The number of rotatable bonds is 3. The van der Waals surface area contributed by atoms with E-state index in [1.165, 1.54) is 12.1 Å². The summed E-state index contributed by atoms with van der Waals surface area (Å²) in [7, 11) is 0. The van der Waals surface area contributed by atoms with Crippen molar-refractivity contribution in [2.45, 2.75) is 12.5 Å². The summed E-state index contributed by atoms with van der Waals surface area (Å²) >= 11 is 5.74. The van der Waals surface area contributed by atoms with Gasteiger partial charge in [-0.3, -0.25) is 4.98 Å². The van der Waals surface area contributed by atoms with Gasteiger partial charge < -0.3 is 5.11 Å². The van der Waals surface area contributed by atoms with Crippen LogP contribution in [0.4, 0.5) is 4.39 Å². The van der Waals surface area contributed by atoms with Crippen LogP contribution in [-0.2, 0) is 6.42 Å². The van der Waals surface area contributed by atoms with Crippen LogP contribution in [0.25, 0.3) is 11.0 Å². The number of hydrogen-bond acceptors (Lipinski definition) is 3. The summed E-state index contributed by atoms with van der Waals surface area (Å²) < 4.78 is 13.1. The zero-order valence-corrected chi connectivity index (χ0v) is 11.8. The largest absolute Gasteiger partial charge is 0.386 e. The molecule has 3 rings (SSSR count). The minimum atomic E-state index is -0.816. The Kier molecular flexibility index (Phi) is 3.82. The van der Waals surface area contributed by atoms with E-state index in [-0.39, 0.29) is 5.02 Å². The molecule has 5 heteroatoms. The molecular formula is C16H12ClFN2O. The summed E-state index contributed by atoms with van der Waals surface area (Å²) in [6.45, 7) is 0. The Morgan fingerprint density at radius 1 is 1.14 bits per heavy atom. The highest BCUT2D eigenvalue weighted by Crippen LogP contribution is 2.22. The van der Waals surface area contributed by atoms with Crippen molar-refractivity contribution in [3.05, 3.63) is 70.8 Å². The second-order valence-electron chi connectivity index (χ2n) is 4.75. The molecule has 0 aliphatic carbocycles. The summed E-state index contributed by atoms with van der Waals surface area (Å²) in [4.78, 5) is 8.66. The van der Waals surface area contributed by atoms with Crippen molar-refractivity contribution in [3.63, 3.8) is 0 Å². The van der Waals surface area contributed by atoms with Gasteiger partial charge >= 0.3 is 0 Å². The lowest BCUT2D eigenvalue weighted by Crippen LogP contribution is -2.05. The van der Waals surface area contributed by atoms with E-state index in [2.05, 4.69) is 9.97 Å². The third kappa shape index (κ3) is 3.01. The van der Waals surface area contributed by atoms with E-state index in [1.807, 2.05) is 24.3 Å². The van der Waals surface area contributed by atoms with Gasteiger partial charge in [0, 0.05) is 6.42 Å². The first kappa shape index (κ1) is 13.9. The highest BCUT2D eigenvalue weighted by atomic mass is 35.5. The molecule has 0 aliphatic rings. The Morgan fingerprint density at radius 2 is 1.90 bits per heavy atom. The Morgan fingerprint density at radius 3 is 2.67 bits per heavy atom. The lowest BCUT2D eigenvalue weighted by molar-refractivity contribution is 0.173. The van der Waals surface area contributed by atoms with E-state index >= 15 is 0 Å². The van der Waals surface area contributed by atoms with E-state index < -0.39 is 11.9 Å². The topological polar surface area (TPSA) is 46.0 Å². The van der Waals surface area contributed by atoms with Gasteiger partial charge in [-0.15, -0.1) is 0 Å². The van der Waals surface area contributed by atoms with Gasteiger partial charge in [-0.1, -0.05) is 29.8 Å². The van der Waals surface area contributed by atoms with Gasteiger partial charge in [0.15, 0.2) is 0 Å². The summed E-state index contributed by atoms with van der Waals surface area (Å²) in [5.74, 6) is -0.472. The van der Waals surface area contributed by atoms with Gasteiger partial charge in [-0.05, 0) is 29.8 Å². The van der Waals surface area contributed by atoms with E-state index in [0.29, 0.717) is 12.1 Å². The number of aromatic nitrogens is 2. The van der Waals surface area contributed by atoms with Crippen LogP contribution in [0.2, 0.25) is 5.02 Å². The lowest BCUT2D eigenvalue weighted by atomic mass is 10.1. The second kappa shape index (κ2) is 5.76.